The molecule has 0 aliphatic carbocycles. The van der Waals surface area contributed by atoms with Crippen molar-refractivity contribution in [2.24, 2.45) is 5.92 Å². The van der Waals surface area contributed by atoms with Gasteiger partial charge >= 0.3 is 0 Å². The lowest BCUT2D eigenvalue weighted by molar-refractivity contribution is -0.122. The average Bonchev–Trinajstić information content (AvgIpc) is 2.83. The second-order valence-corrected chi connectivity index (χ2v) is 7.29. The van der Waals surface area contributed by atoms with Gasteiger partial charge in [-0.05, 0) is 64.3 Å². The van der Waals surface area contributed by atoms with Crippen LogP contribution in [0, 0.1) is 12.8 Å². The Morgan fingerprint density at radius 2 is 2.20 bits per heavy atom. The van der Waals surface area contributed by atoms with Crippen LogP contribution >= 0.6 is 11.3 Å². The molecule has 2 rings (SSSR count). The fourth-order valence-corrected chi connectivity index (χ4v) is 3.82. The largest absolute Gasteiger partial charge is 0.353 e. The van der Waals surface area contributed by atoms with Crippen LogP contribution in [0.1, 0.15) is 42.4 Å². The van der Waals surface area contributed by atoms with Crippen LogP contribution in [0.3, 0.4) is 0 Å². The van der Waals surface area contributed by atoms with Crippen LogP contribution < -0.4 is 10.6 Å². The molecule has 20 heavy (non-hydrogen) atoms. The number of thiophene rings is 1. The van der Waals surface area contributed by atoms with Crippen LogP contribution in [0.15, 0.2) is 12.1 Å². The van der Waals surface area contributed by atoms with Crippen molar-refractivity contribution >= 4 is 17.2 Å². The molecule has 1 aromatic rings. The van der Waals surface area contributed by atoms with Gasteiger partial charge < -0.3 is 10.6 Å². The highest BCUT2D eigenvalue weighted by atomic mass is 32.1. The lowest BCUT2D eigenvalue weighted by Crippen LogP contribution is -2.34. The Labute approximate surface area is 126 Å². The second kappa shape index (κ2) is 7.79. The highest BCUT2D eigenvalue weighted by Gasteiger charge is 2.15. The zero-order valence-electron chi connectivity index (χ0n) is 12.6. The van der Waals surface area contributed by atoms with Crippen molar-refractivity contribution < 1.29 is 4.79 Å². The molecule has 1 fully saturated rings. The van der Waals surface area contributed by atoms with Gasteiger partial charge in [-0.1, -0.05) is 0 Å². The Morgan fingerprint density at radius 1 is 1.45 bits per heavy atom. The van der Waals surface area contributed by atoms with Crippen molar-refractivity contribution in [3.8, 4) is 0 Å². The van der Waals surface area contributed by atoms with Gasteiger partial charge in [0.25, 0.3) is 0 Å². The molecule has 112 valence electrons. The zero-order valence-corrected chi connectivity index (χ0v) is 13.4. The van der Waals surface area contributed by atoms with E-state index >= 15 is 0 Å². The normalized spacial score (nSPS) is 17.9. The number of piperidine rings is 1. The van der Waals surface area contributed by atoms with E-state index < -0.39 is 0 Å². The van der Waals surface area contributed by atoms with E-state index in [1.165, 1.54) is 22.6 Å². The van der Waals surface area contributed by atoms with Gasteiger partial charge in [-0.15, -0.1) is 11.3 Å². The first kappa shape index (κ1) is 15.5. The predicted octanol–water partition coefficient (Wildman–Crippen LogP) is 2.88. The van der Waals surface area contributed by atoms with Gasteiger partial charge in [-0.3, -0.25) is 4.79 Å². The van der Waals surface area contributed by atoms with Crippen molar-refractivity contribution in [2.75, 3.05) is 13.1 Å². The Morgan fingerprint density at radius 3 is 2.85 bits per heavy atom. The van der Waals surface area contributed by atoms with Gasteiger partial charge in [0.1, 0.15) is 0 Å². The van der Waals surface area contributed by atoms with E-state index in [-0.39, 0.29) is 11.9 Å². The summed E-state index contributed by atoms with van der Waals surface area (Å²) < 4.78 is 0. The van der Waals surface area contributed by atoms with Crippen molar-refractivity contribution in [3.05, 3.63) is 21.9 Å². The molecule has 0 spiro atoms. The molecule has 0 bridgehead atoms. The molecule has 1 aromatic heterocycles. The van der Waals surface area contributed by atoms with E-state index in [1.54, 1.807) is 0 Å². The molecule has 1 aliphatic heterocycles. The Balaban J connectivity index is 1.65. The molecule has 0 aromatic carbocycles. The number of hydrogen-bond acceptors (Lipinski definition) is 3. The molecular formula is C16H26N2OS. The summed E-state index contributed by atoms with van der Waals surface area (Å²) in [5.41, 5.74) is 0. The molecule has 3 nitrogen and oxygen atoms in total. The van der Waals surface area contributed by atoms with Gasteiger partial charge in [0.2, 0.25) is 5.91 Å². The molecule has 0 saturated carbocycles. The van der Waals surface area contributed by atoms with E-state index in [9.17, 15) is 4.79 Å². The highest BCUT2D eigenvalue weighted by Crippen LogP contribution is 2.18. The fraction of sp³-hybridized carbons (Fsp3) is 0.688. The molecule has 4 heteroatoms. The lowest BCUT2D eigenvalue weighted by atomic mass is 9.93. The molecule has 1 unspecified atom stereocenters. The summed E-state index contributed by atoms with van der Waals surface area (Å²) in [6.07, 6.45) is 5.10. The van der Waals surface area contributed by atoms with Gasteiger partial charge in [0, 0.05) is 28.6 Å². The van der Waals surface area contributed by atoms with Gasteiger partial charge in [0.15, 0.2) is 0 Å². The topological polar surface area (TPSA) is 41.1 Å². The van der Waals surface area contributed by atoms with Crippen molar-refractivity contribution in [1.82, 2.24) is 10.6 Å². The van der Waals surface area contributed by atoms with Crippen LogP contribution in [0.4, 0.5) is 0 Å². The molecule has 1 aliphatic rings. The molecule has 2 N–H and O–H groups in total. The Bertz CT molecular complexity index is 424. The maximum Gasteiger partial charge on any atom is 0.220 e. The van der Waals surface area contributed by atoms with E-state index in [0.717, 1.165) is 31.8 Å². The first-order valence-corrected chi connectivity index (χ1v) is 8.50. The van der Waals surface area contributed by atoms with Crippen LogP contribution in [0.2, 0.25) is 0 Å². The molecule has 0 radical (unpaired) electrons. The van der Waals surface area contributed by atoms with Crippen molar-refractivity contribution in [3.63, 3.8) is 0 Å². The highest BCUT2D eigenvalue weighted by molar-refractivity contribution is 7.11. The number of amides is 1. The fourth-order valence-electron chi connectivity index (χ4n) is 2.80. The molecule has 2 heterocycles. The minimum atomic E-state index is 0.212. The summed E-state index contributed by atoms with van der Waals surface area (Å²) in [4.78, 5) is 14.7. The summed E-state index contributed by atoms with van der Waals surface area (Å²) in [5.74, 6) is 0.946. The van der Waals surface area contributed by atoms with Crippen molar-refractivity contribution in [2.45, 2.75) is 52.0 Å². The van der Waals surface area contributed by atoms with Crippen molar-refractivity contribution in [1.29, 1.82) is 0 Å². The van der Waals surface area contributed by atoms with E-state index in [2.05, 4.69) is 36.6 Å². The minimum Gasteiger partial charge on any atom is -0.353 e. The van der Waals surface area contributed by atoms with E-state index in [0.29, 0.717) is 6.42 Å². The smallest absolute Gasteiger partial charge is 0.220 e. The molecule has 1 amide bonds. The monoisotopic (exact) mass is 294 g/mol. The Hall–Kier alpha value is -0.870. The number of nitrogens with one attached hydrogen (secondary N) is 2. The first-order chi connectivity index (χ1) is 9.63. The summed E-state index contributed by atoms with van der Waals surface area (Å²) in [5, 5.41) is 6.49. The third-order valence-electron chi connectivity index (χ3n) is 3.95. The van der Waals surface area contributed by atoms with Crippen LogP contribution in [-0.4, -0.2) is 25.0 Å². The molecule has 1 saturated heterocycles. The molecule has 1 atom stereocenters. The van der Waals surface area contributed by atoms with Gasteiger partial charge in [-0.25, -0.2) is 0 Å². The quantitative estimate of drug-likeness (QED) is 0.847. The number of hydrogen-bond donors (Lipinski definition) is 2. The maximum absolute atomic E-state index is 12.0. The van der Waals surface area contributed by atoms with E-state index in [4.69, 9.17) is 0 Å². The second-order valence-electron chi connectivity index (χ2n) is 5.92. The SMILES string of the molecule is Cc1ccc(CC(C)NC(=O)CCC2CCNCC2)s1. The third-order valence-corrected chi connectivity index (χ3v) is 4.97. The third kappa shape index (κ3) is 5.25. The van der Waals surface area contributed by atoms with Crippen LogP contribution in [-0.2, 0) is 11.2 Å². The van der Waals surface area contributed by atoms with Gasteiger partial charge in [0.05, 0.1) is 0 Å². The minimum absolute atomic E-state index is 0.212. The molecular weight excluding hydrogens is 268 g/mol. The first-order valence-electron chi connectivity index (χ1n) is 7.69. The average molecular weight is 294 g/mol. The van der Waals surface area contributed by atoms with Crippen LogP contribution in [0.5, 0.6) is 0 Å². The maximum atomic E-state index is 12.0. The standard InChI is InChI=1S/C16H26N2OS/c1-12(11-15-5-3-13(2)20-15)18-16(19)6-4-14-7-9-17-10-8-14/h3,5,12,14,17H,4,6-11H2,1-2H3,(H,18,19). The number of carbonyl (C=O) groups excluding carboxylic acids is 1. The summed E-state index contributed by atoms with van der Waals surface area (Å²) in [6.45, 7) is 6.44. The summed E-state index contributed by atoms with van der Waals surface area (Å²) in [7, 11) is 0. The number of aryl methyl sites for hydroxylation is 1. The summed E-state index contributed by atoms with van der Waals surface area (Å²) >= 11 is 1.82. The summed E-state index contributed by atoms with van der Waals surface area (Å²) in [6, 6.07) is 4.54. The van der Waals surface area contributed by atoms with E-state index in [1.807, 2.05) is 11.3 Å². The number of carbonyl (C=O) groups is 1. The predicted molar refractivity (Wildman–Crippen MR) is 85.2 cm³/mol. The van der Waals surface area contributed by atoms with Gasteiger partial charge in [-0.2, -0.15) is 0 Å². The van der Waals surface area contributed by atoms with Crippen LogP contribution in [0.25, 0.3) is 0 Å². The Kier molecular flexibility index (Phi) is 6.05. The lowest BCUT2D eigenvalue weighted by Gasteiger charge is -2.22. The zero-order chi connectivity index (χ0) is 14.4. The number of rotatable bonds is 6.